The van der Waals surface area contributed by atoms with Crippen LogP contribution in [-0.2, 0) is 5.75 Å². The van der Waals surface area contributed by atoms with E-state index in [0.29, 0.717) is 17.7 Å². The number of rotatable bonds is 5. The highest BCUT2D eigenvalue weighted by Crippen LogP contribution is 2.17. The Balaban J connectivity index is 2.60. The van der Waals surface area contributed by atoms with Gasteiger partial charge in [0.2, 0.25) is 0 Å². The van der Waals surface area contributed by atoms with Gasteiger partial charge in [0.1, 0.15) is 0 Å². The van der Waals surface area contributed by atoms with Crippen LogP contribution in [0.25, 0.3) is 0 Å². The largest absolute Gasteiger partial charge is 0.478 e. The molecule has 0 heterocycles. The van der Waals surface area contributed by atoms with Crippen LogP contribution in [-0.4, -0.2) is 16.8 Å². The third kappa shape index (κ3) is 3.64. The third-order valence-electron chi connectivity index (χ3n) is 1.86. The van der Waals surface area contributed by atoms with Gasteiger partial charge in [-0.3, -0.25) is 0 Å². The summed E-state index contributed by atoms with van der Waals surface area (Å²) >= 11 is 1.58. The number of thioether (sulfide) groups is 1. The smallest absolute Gasteiger partial charge is 0.335 e. The zero-order valence-corrected chi connectivity index (χ0v) is 8.96. The van der Waals surface area contributed by atoms with Crippen LogP contribution in [0.2, 0.25) is 0 Å². The average Bonchev–Trinajstić information content (AvgIpc) is 2.25. The molecule has 0 saturated carbocycles. The van der Waals surface area contributed by atoms with E-state index in [2.05, 4.69) is 6.07 Å². The Bertz CT molecular complexity index is 384. The first-order valence-electron chi connectivity index (χ1n) is 4.51. The fraction of sp³-hybridized carbons (Fsp3) is 0.273. The van der Waals surface area contributed by atoms with Crippen LogP contribution in [0.5, 0.6) is 0 Å². The molecule has 0 saturated heterocycles. The van der Waals surface area contributed by atoms with E-state index < -0.39 is 5.97 Å². The van der Waals surface area contributed by atoms with E-state index >= 15 is 0 Å². The molecule has 15 heavy (non-hydrogen) atoms. The number of carboxylic acid groups (broad SMARTS) is 1. The number of nitriles is 1. The van der Waals surface area contributed by atoms with Crippen LogP contribution in [0.1, 0.15) is 22.3 Å². The molecule has 0 fully saturated rings. The summed E-state index contributed by atoms with van der Waals surface area (Å²) in [5.74, 6) is 0.487. The molecule has 0 atom stereocenters. The molecule has 0 aliphatic carbocycles. The Morgan fingerprint density at radius 1 is 1.47 bits per heavy atom. The van der Waals surface area contributed by atoms with Crippen molar-refractivity contribution >= 4 is 17.7 Å². The van der Waals surface area contributed by atoms with Crippen LogP contribution in [0.4, 0.5) is 0 Å². The quantitative estimate of drug-likeness (QED) is 0.776. The predicted octanol–water partition coefficient (Wildman–Crippen LogP) is 2.53. The van der Waals surface area contributed by atoms with Crippen molar-refractivity contribution in [3.63, 3.8) is 0 Å². The van der Waals surface area contributed by atoms with E-state index in [0.717, 1.165) is 11.3 Å². The van der Waals surface area contributed by atoms with E-state index in [1.165, 1.54) is 0 Å². The summed E-state index contributed by atoms with van der Waals surface area (Å²) in [7, 11) is 0. The van der Waals surface area contributed by atoms with Crippen LogP contribution < -0.4 is 0 Å². The van der Waals surface area contributed by atoms with Crippen molar-refractivity contribution in [2.75, 3.05) is 5.75 Å². The zero-order chi connectivity index (χ0) is 11.1. The first-order valence-corrected chi connectivity index (χ1v) is 5.67. The van der Waals surface area contributed by atoms with Gasteiger partial charge in [0.15, 0.2) is 0 Å². The van der Waals surface area contributed by atoms with Crippen molar-refractivity contribution in [3.05, 3.63) is 35.4 Å². The minimum Gasteiger partial charge on any atom is -0.478 e. The fourth-order valence-electron chi connectivity index (χ4n) is 1.15. The topological polar surface area (TPSA) is 61.1 Å². The maximum Gasteiger partial charge on any atom is 0.335 e. The number of carboxylic acids is 1. The molecule has 0 aliphatic heterocycles. The molecule has 0 unspecified atom stereocenters. The lowest BCUT2D eigenvalue weighted by molar-refractivity contribution is 0.0696. The van der Waals surface area contributed by atoms with Crippen molar-refractivity contribution in [1.82, 2.24) is 0 Å². The number of nitrogens with zero attached hydrogens (tertiary/aromatic N) is 1. The molecule has 0 spiro atoms. The van der Waals surface area contributed by atoms with Gasteiger partial charge in [-0.1, -0.05) is 18.2 Å². The van der Waals surface area contributed by atoms with Gasteiger partial charge in [-0.2, -0.15) is 17.0 Å². The SMILES string of the molecule is N#CCCSCc1ccccc1C(=O)O. The second-order valence-corrected chi connectivity index (χ2v) is 4.03. The lowest BCUT2D eigenvalue weighted by Gasteiger charge is -2.04. The number of hydrogen-bond donors (Lipinski definition) is 1. The summed E-state index contributed by atoms with van der Waals surface area (Å²) < 4.78 is 0. The molecule has 0 amide bonds. The number of aromatic carboxylic acids is 1. The van der Waals surface area contributed by atoms with Crippen LogP contribution in [0.3, 0.4) is 0 Å². The Kier molecular flexibility index (Phi) is 4.72. The molecule has 0 bridgehead atoms. The van der Waals surface area contributed by atoms with Gasteiger partial charge in [-0.05, 0) is 11.6 Å². The average molecular weight is 221 g/mol. The third-order valence-corrected chi connectivity index (χ3v) is 2.87. The molecule has 4 heteroatoms. The van der Waals surface area contributed by atoms with Crippen molar-refractivity contribution in [2.24, 2.45) is 0 Å². The normalized spacial score (nSPS) is 9.53. The van der Waals surface area contributed by atoms with Crippen molar-refractivity contribution in [2.45, 2.75) is 12.2 Å². The standard InChI is InChI=1S/C11H11NO2S/c12-6-3-7-15-8-9-4-1-2-5-10(9)11(13)14/h1-2,4-5H,3,7-8H2,(H,13,14). The summed E-state index contributed by atoms with van der Waals surface area (Å²) in [5, 5.41) is 17.3. The lowest BCUT2D eigenvalue weighted by atomic mass is 10.1. The Morgan fingerprint density at radius 3 is 2.87 bits per heavy atom. The molecule has 1 aromatic rings. The molecule has 0 radical (unpaired) electrons. The van der Waals surface area contributed by atoms with Gasteiger partial charge in [-0.15, -0.1) is 0 Å². The molecule has 1 rings (SSSR count). The predicted molar refractivity (Wildman–Crippen MR) is 59.8 cm³/mol. The Morgan fingerprint density at radius 2 is 2.20 bits per heavy atom. The lowest BCUT2D eigenvalue weighted by Crippen LogP contribution is -2.01. The maximum absolute atomic E-state index is 10.8. The van der Waals surface area contributed by atoms with Crippen LogP contribution in [0, 0.1) is 11.3 Å². The maximum atomic E-state index is 10.8. The highest BCUT2D eigenvalue weighted by atomic mass is 32.2. The second kappa shape index (κ2) is 6.10. The summed E-state index contributed by atoms with van der Waals surface area (Å²) in [6, 6.07) is 9.00. The molecule has 3 nitrogen and oxygen atoms in total. The van der Waals surface area contributed by atoms with Gasteiger partial charge >= 0.3 is 5.97 Å². The van der Waals surface area contributed by atoms with E-state index in [1.54, 1.807) is 23.9 Å². The molecule has 1 aromatic carbocycles. The molecular weight excluding hydrogens is 210 g/mol. The van der Waals surface area contributed by atoms with E-state index in [9.17, 15) is 4.79 Å². The molecule has 0 aromatic heterocycles. The molecule has 78 valence electrons. The van der Waals surface area contributed by atoms with E-state index in [1.807, 2.05) is 12.1 Å². The summed E-state index contributed by atoms with van der Waals surface area (Å²) in [6.07, 6.45) is 0.500. The summed E-state index contributed by atoms with van der Waals surface area (Å²) in [4.78, 5) is 10.8. The summed E-state index contributed by atoms with van der Waals surface area (Å²) in [5.41, 5.74) is 1.16. The molecule has 1 N–H and O–H groups in total. The molecular formula is C11H11NO2S. The second-order valence-electron chi connectivity index (χ2n) is 2.92. The molecule has 0 aliphatic rings. The summed E-state index contributed by atoms with van der Waals surface area (Å²) in [6.45, 7) is 0. The van der Waals surface area contributed by atoms with Gasteiger partial charge in [0, 0.05) is 17.9 Å². The Labute approximate surface area is 92.7 Å². The van der Waals surface area contributed by atoms with Crippen LogP contribution >= 0.6 is 11.8 Å². The number of hydrogen-bond acceptors (Lipinski definition) is 3. The first-order chi connectivity index (χ1) is 7.25. The highest BCUT2D eigenvalue weighted by molar-refractivity contribution is 7.98. The number of carbonyl (C=O) groups is 1. The minimum absolute atomic E-state index is 0.349. The van der Waals surface area contributed by atoms with E-state index in [-0.39, 0.29) is 0 Å². The van der Waals surface area contributed by atoms with Crippen molar-refractivity contribution in [1.29, 1.82) is 5.26 Å². The van der Waals surface area contributed by atoms with Gasteiger partial charge in [0.25, 0.3) is 0 Å². The first kappa shape index (κ1) is 11.6. The van der Waals surface area contributed by atoms with Gasteiger partial charge in [0.05, 0.1) is 11.6 Å². The van der Waals surface area contributed by atoms with E-state index in [4.69, 9.17) is 10.4 Å². The van der Waals surface area contributed by atoms with Crippen molar-refractivity contribution < 1.29 is 9.90 Å². The highest BCUT2D eigenvalue weighted by Gasteiger charge is 2.07. The Hall–Kier alpha value is -1.47. The zero-order valence-electron chi connectivity index (χ0n) is 8.14. The van der Waals surface area contributed by atoms with Gasteiger partial charge in [-0.25, -0.2) is 4.79 Å². The van der Waals surface area contributed by atoms with Crippen LogP contribution in [0.15, 0.2) is 24.3 Å². The van der Waals surface area contributed by atoms with Gasteiger partial charge < -0.3 is 5.11 Å². The minimum atomic E-state index is -0.897. The fourth-order valence-corrected chi connectivity index (χ4v) is 2.01. The van der Waals surface area contributed by atoms with Crippen molar-refractivity contribution in [3.8, 4) is 6.07 Å². The number of benzene rings is 1. The monoisotopic (exact) mass is 221 g/mol.